The largest absolute Gasteiger partial charge is 0.393 e. The Labute approximate surface area is 119 Å². The second kappa shape index (κ2) is 9.83. The molecule has 0 aromatic heterocycles. The molecule has 0 aliphatic rings. The van der Waals surface area contributed by atoms with E-state index < -0.39 is 6.10 Å². The zero-order valence-corrected chi connectivity index (χ0v) is 11.9. The summed E-state index contributed by atoms with van der Waals surface area (Å²) in [6, 6.07) is 6.43. The van der Waals surface area contributed by atoms with E-state index in [9.17, 15) is 9.50 Å². The Hall–Kier alpha value is -1.01. The number of benzene rings is 1. The van der Waals surface area contributed by atoms with Gasteiger partial charge in [-0.3, -0.25) is 0 Å². The van der Waals surface area contributed by atoms with Crippen molar-refractivity contribution in [2.75, 3.05) is 19.7 Å². The van der Waals surface area contributed by atoms with Crippen LogP contribution < -0.4 is 5.32 Å². The molecule has 0 aliphatic carbocycles. The summed E-state index contributed by atoms with van der Waals surface area (Å²) >= 11 is 0. The minimum absolute atomic E-state index is 0.158. The number of hydrogen-bond acceptors (Lipinski definition) is 4. The van der Waals surface area contributed by atoms with Crippen molar-refractivity contribution in [1.29, 1.82) is 0 Å². The first-order chi connectivity index (χ1) is 9.59. The van der Waals surface area contributed by atoms with Gasteiger partial charge in [0.25, 0.3) is 0 Å². The third kappa shape index (κ3) is 7.55. The van der Waals surface area contributed by atoms with Crippen LogP contribution in [0.1, 0.15) is 25.3 Å². The summed E-state index contributed by atoms with van der Waals surface area (Å²) in [6.07, 6.45) is 0.701. The zero-order valence-electron chi connectivity index (χ0n) is 11.9. The van der Waals surface area contributed by atoms with E-state index >= 15 is 0 Å². The molecule has 1 rings (SSSR count). The van der Waals surface area contributed by atoms with Crippen LogP contribution in [-0.2, 0) is 11.3 Å². The monoisotopic (exact) mass is 285 g/mol. The minimum Gasteiger partial charge on any atom is -0.393 e. The van der Waals surface area contributed by atoms with E-state index in [0.717, 1.165) is 19.4 Å². The van der Waals surface area contributed by atoms with Gasteiger partial charge >= 0.3 is 0 Å². The maximum Gasteiger partial charge on any atom is 0.128 e. The lowest BCUT2D eigenvalue weighted by Crippen LogP contribution is -2.31. The predicted molar refractivity (Wildman–Crippen MR) is 75.8 cm³/mol. The number of halogens is 1. The van der Waals surface area contributed by atoms with Gasteiger partial charge in [0.1, 0.15) is 5.82 Å². The first-order valence-corrected chi connectivity index (χ1v) is 6.97. The van der Waals surface area contributed by atoms with E-state index in [4.69, 9.17) is 9.84 Å². The highest BCUT2D eigenvalue weighted by Gasteiger charge is 2.06. The molecule has 20 heavy (non-hydrogen) atoms. The highest BCUT2D eigenvalue weighted by atomic mass is 19.1. The fourth-order valence-electron chi connectivity index (χ4n) is 1.77. The van der Waals surface area contributed by atoms with Crippen LogP contribution in [0.25, 0.3) is 0 Å². The lowest BCUT2D eigenvalue weighted by atomic mass is 10.2. The molecule has 0 heterocycles. The summed E-state index contributed by atoms with van der Waals surface area (Å²) in [4.78, 5) is 0. The van der Waals surface area contributed by atoms with E-state index in [1.54, 1.807) is 25.1 Å². The van der Waals surface area contributed by atoms with Crippen LogP contribution in [0.4, 0.5) is 4.39 Å². The third-order valence-corrected chi connectivity index (χ3v) is 2.88. The van der Waals surface area contributed by atoms with Crippen molar-refractivity contribution in [3.63, 3.8) is 0 Å². The molecule has 0 fully saturated rings. The quantitative estimate of drug-likeness (QED) is 0.570. The summed E-state index contributed by atoms with van der Waals surface area (Å²) in [5.74, 6) is -0.293. The summed E-state index contributed by atoms with van der Waals surface area (Å²) < 4.78 is 18.6. The Balaban J connectivity index is 2.05. The summed E-state index contributed by atoms with van der Waals surface area (Å²) in [7, 11) is 0. The second-order valence-corrected chi connectivity index (χ2v) is 4.96. The van der Waals surface area contributed by atoms with E-state index in [1.807, 2.05) is 0 Å². The van der Waals surface area contributed by atoms with E-state index in [1.165, 1.54) is 6.07 Å². The van der Waals surface area contributed by atoms with Gasteiger partial charge in [0.2, 0.25) is 0 Å². The molecule has 0 spiro atoms. The predicted octanol–water partition coefficient (Wildman–Crippen LogP) is 1.45. The van der Waals surface area contributed by atoms with Crippen molar-refractivity contribution in [3.05, 3.63) is 35.6 Å². The van der Waals surface area contributed by atoms with Gasteiger partial charge in [-0.15, -0.1) is 0 Å². The Morgan fingerprint density at radius 2 is 2.05 bits per heavy atom. The molecule has 4 nitrogen and oxygen atoms in total. The van der Waals surface area contributed by atoms with Crippen molar-refractivity contribution < 1.29 is 19.3 Å². The molecule has 0 bridgehead atoms. The van der Waals surface area contributed by atoms with Gasteiger partial charge in [-0.1, -0.05) is 18.2 Å². The average molecular weight is 285 g/mol. The molecular formula is C15H24FNO3. The van der Waals surface area contributed by atoms with Crippen LogP contribution in [0, 0.1) is 5.82 Å². The van der Waals surface area contributed by atoms with Crippen molar-refractivity contribution in [2.45, 2.75) is 38.6 Å². The van der Waals surface area contributed by atoms with Gasteiger partial charge in [0.05, 0.1) is 25.4 Å². The molecule has 3 N–H and O–H groups in total. The molecule has 0 aliphatic heterocycles. The highest BCUT2D eigenvalue weighted by Crippen LogP contribution is 2.07. The van der Waals surface area contributed by atoms with Gasteiger partial charge in [-0.2, -0.15) is 0 Å². The van der Waals surface area contributed by atoms with Crippen LogP contribution in [0.2, 0.25) is 0 Å². The summed E-state index contributed by atoms with van der Waals surface area (Å²) in [5.41, 5.74) is 0.490. The van der Waals surface area contributed by atoms with Crippen LogP contribution >= 0.6 is 0 Å². The molecule has 1 aromatic rings. The van der Waals surface area contributed by atoms with Crippen molar-refractivity contribution in [3.8, 4) is 0 Å². The number of aliphatic hydroxyl groups is 2. The van der Waals surface area contributed by atoms with Gasteiger partial charge < -0.3 is 20.3 Å². The molecule has 0 saturated carbocycles. The van der Waals surface area contributed by atoms with Crippen molar-refractivity contribution in [1.82, 2.24) is 5.32 Å². The molecule has 0 amide bonds. The Bertz CT molecular complexity index is 374. The van der Waals surface area contributed by atoms with Gasteiger partial charge in [-0.05, 0) is 32.4 Å². The summed E-state index contributed by atoms with van der Waals surface area (Å²) in [6.45, 7) is 3.25. The van der Waals surface area contributed by atoms with Gasteiger partial charge in [0.15, 0.2) is 0 Å². The zero-order chi connectivity index (χ0) is 14.8. The number of aliphatic hydroxyl groups excluding tert-OH is 2. The Morgan fingerprint density at radius 1 is 1.30 bits per heavy atom. The molecule has 0 saturated heterocycles. The summed E-state index contributed by atoms with van der Waals surface area (Å²) in [5, 5.41) is 21.8. The maximum absolute atomic E-state index is 13.3. The first kappa shape index (κ1) is 17.0. The number of ether oxygens (including phenoxy) is 1. The van der Waals surface area contributed by atoms with Crippen molar-refractivity contribution in [2.24, 2.45) is 0 Å². The number of hydrogen-bond donors (Lipinski definition) is 3. The Kier molecular flexibility index (Phi) is 8.37. The van der Waals surface area contributed by atoms with Crippen LogP contribution in [0.5, 0.6) is 0 Å². The smallest absolute Gasteiger partial charge is 0.128 e. The van der Waals surface area contributed by atoms with Crippen LogP contribution in [0.3, 0.4) is 0 Å². The lowest BCUT2D eigenvalue weighted by molar-refractivity contribution is 0.0278. The standard InChI is InChI=1S/C15H24FNO3/c1-12(18)5-4-8-17-9-14(19)11-20-10-13-6-2-3-7-15(13)16/h2-3,6-7,12,14,17-19H,4-5,8-11H2,1H3. The fourth-order valence-corrected chi connectivity index (χ4v) is 1.77. The Morgan fingerprint density at radius 3 is 2.75 bits per heavy atom. The van der Waals surface area contributed by atoms with Crippen molar-refractivity contribution >= 4 is 0 Å². The van der Waals surface area contributed by atoms with Crippen LogP contribution in [-0.4, -0.2) is 42.1 Å². The number of nitrogens with one attached hydrogen (secondary N) is 1. The van der Waals surface area contributed by atoms with E-state index in [-0.39, 0.29) is 25.1 Å². The third-order valence-electron chi connectivity index (χ3n) is 2.88. The highest BCUT2D eigenvalue weighted by molar-refractivity contribution is 5.16. The molecule has 114 valence electrons. The maximum atomic E-state index is 13.3. The number of rotatable bonds is 10. The normalized spacial score (nSPS) is 14.2. The topological polar surface area (TPSA) is 61.7 Å². The molecule has 2 unspecified atom stereocenters. The molecule has 2 atom stereocenters. The van der Waals surface area contributed by atoms with Gasteiger partial charge in [0, 0.05) is 12.1 Å². The first-order valence-electron chi connectivity index (χ1n) is 6.97. The molecule has 1 aromatic carbocycles. The van der Waals surface area contributed by atoms with Gasteiger partial charge in [-0.25, -0.2) is 4.39 Å². The average Bonchev–Trinajstić information content (AvgIpc) is 2.40. The molecule has 5 heteroatoms. The molecule has 0 radical (unpaired) electrons. The van der Waals surface area contributed by atoms with Crippen LogP contribution in [0.15, 0.2) is 24.3 Å². The lowest BCUT2D eigenvalue weighted by Gasteiger charge is -2.13. The minimum atomic E-state index is -0.617. The van der Waals surface area contributed by atoms with E-state index in [0.29, 0.717) is 12.1 Å². The SMILES string of the molecule is CC(O)CCCNCC(O)COCc1ccccc1F. The molecular weight excluding hydrogens is 261 g/mol. The fraction of sp³-hybridized carbons (Fsp3) is 0.600. The van der Waals surface area contributed by atoms with E-state index in [2.05, 4.69) is 5.32 Å². The second-order valence-electron chi connectivity index (χ2n) is 4.96.